The van der Waals surface area contributed by atoms with E-state index in [1.165, 1.54) is 6.92 Å². The van der Waals surface area contributed by atoms with Crippen LogP contribution in [0.4, 0.5) is 0 Å². The maximum absolute atomic E-state index is 11.8. The fraction of sp³-hybridized carbons (Fsp3) is 0.667. The average Bonchev–Trinajstić information content (AvgIpc) is 2.88. The zero-order valence-electron chi connectivity index (χ0n) is 16.2. The third kappa shape index (κ3) is 1.84. The summed E-state index contributed by atoms with van der Waals surface area (Å²) in [6.07, 6.45) is -2.93. The molecule has 0 aromatic carbocycles. The predicted molar refractivity (Wildman–Crippen MR) is 59.9 cm³/mol. The number of ether oxygens (including phenoxy) is 1. The van der Waals surface area contributed by atoms with Crippen molar-refractivity contribution >= 4 is 5.97 Å². The van der Waals surface area contributed by atoms with E-state index in [-0.39, 0.29) is 18.9 Å². The second-order valence-electron chi connectivity index (χ2n) is 3.63. The fourth-order valence-electron chi connectivity index (χ4n) is 1.67. The molecule has 1 aliphatic heterocycles. The third-order valence-corrected chi connectivity index (χ3v) is 2.63. The number of cyclic esters (lactones) is 1. The molecule has 0 unspecified atom stereocenters. The summed E-state index contributed by atoms with van der Waals surface area (Å²) in [6, 6.07) is 0. The van der Waals surface area contributed by atoms with Crippen molar-refractivity contribution in [2.45, 2.75) is 26.6 Å². The average molecular weight is 229 g/mol. The summed E-state index contributed by atoms with van der Waals surface area (Å²) >= 11 is 0. The smallest absolute Gasteiger partial charge is 0.309 e. The first-order chi connectivity index (χ1) is 10.4. The van der Waals surface area contributed by atoms with Crippen LogP contribution >= 0.6 is 0 Å². The third-order valence-electron chi connectivity index (χ3n) is 2.63. The standard InChI is InChI=1S/C12H18N2O2/c1-4-11-9(7-16-12(11)15)5-10-6-13-8(2)14(10)3/h6,9,11H,4-5,7H2,1-3H3/t9-,11-/m0/s1/i3D3,5D2,6D,11D. The van der Waals surface area contributed by atoms with Gasteiger partial charge in [0.05, 0.1) is 13.9 Å². The molecule has 4 nitrogen and oxygen atoms in total. The zero-order chi connectivity index (χ0) is 17.8. The highest BCUT2D eigenvalue weighted by Crippen LogP contribution is 2.28. The quantitative estimate of drug-likeness (QED) is 0.737. The van der Waals surface area contributed by atoms with E-state index in [0.29, 0.717) is 4.57 Å². The number of hydrogen-bond acceptors (Lipinski definition) is 3. The predicted octanol–water partition coefficient (Wildman–Crippen LogP) is 1.47. The number of carbonyl (C=O) groups is 1. The number of carbonyl (C=O) groups excluding carboxylic acids is 1. The number of aromatic nitrogens is 2. The van der Waals surface area contributed by atoms with Gasteiger partial charge in [-0.3, -0.25) is 4.79 Å². The van der Waals surface area contributed by atoms with Crippen molar-refractivity contribution in [2.75, 3.05) is 6.61 Å². The normalized spacial score (nSPS) is 37.5. The lowest BCUT2D eigenvalue weighted by atomic mass is 9.89. The van der Waals surface area contributed by atoms with Crippen LogP contribution in [0.5, 0.6) is 0 Å². The summed E-state index contributed by atoms with van der Waals surface area (Å²) in [7, 11) is 0. The van der Waals surface area contributed by atoms with Crippen molar-refractivity contribution in [3.05, 3.63) is 17.7 Å². The van der Waals surface area contributed by atoms with Gasteiger partial charge < -0.3 is 9.30 Å². The molecule has 88 valence electrons. The molecule has 0 spiro atoms. The Hall–Kier alpha value is -1.32. The lowest BCUT2D eigenvalue weighted by molar-refractivity contribution is -0.141. The van der Waals surface area contributed by atoms with Gasteiger partial charge in [0.15, 0.2) is 0 Å². The Morgan fingerprint density at radius 1 is 1.94 bits per heavy atom. The molecule has 2 atom stereocenters. The number of rotatable bonds is 3. The molecule has 1 aromatic rings. The van der Waals surface area contributed by atoms with E-state index in [1.807, 2.05) is 0 Å². The number of aryl methyl sites for hydroxylation is 1. The Morgan fingerprint density at radius 2 is 2.75 bits per heavy atom. The second kappa shape index (κ2) is 4.28. The SMILES string of the molecule is [2H]c1nc(C)n(C([2H])([2H])[2H])c1C([2H])([2H])[C@H]1COC(=O)[C@@]1([2H])CC. The number of esters is 1. The van der Waals surface area contributed by atoms with Crippen molar-refractivity contribution in [3.63, 3.8) is 0 Å². The van der Waals surface area contributed by atoms with Crippen molar-refractivity contribution in [1.82, 2.24) is 9.55 Å². The first kappa shape index (κ1) is 5.34. The second-order valence-corrected chi connectivity index (χ2v) is 3.63. The fourth-order valence-corrected chi connectivity index (χ4v) is 1.67. The van der Waals surface area contributed by atoms with Gasteiger partial charge in [0.25, 0.3) is 0 Å². The van der Waals surface area contributed by atoms with E-state index in [9.17, 15) is 4.79 Å². The summed E-state index contributed by atoms with van der Waals surface area (Å²) in [5.74, 6) is -3.91. The Labute approximate surface area is 105 Å². The van der Waals surface area contributed by atoms with Gasteiger partial charge in [0.2, 0.25) is 0 Å². The van der Waals surface area contributed by atoms with Gasteiger partial charge in [0, 0.05) is 33.0 Å². The van der Waals surface area contributed by atoms with Gasteiger partial charge >= 0.3 is 5.97 Å². The van der Waals surface area contributed by atoms with E-state index in [0.717, 1.165) is 0 Å². The van der Waals surface area contributed by atoms with Crippen LogP contribution in [-0.4, -0.2) is 22.1 Å². The summed E-state index contributed by atoms with van der Waals surface area (Å²) in [5.41, 5.74) is -0.455. The monoisotopic (exact) mass is 229 g/mol. The van der Waals surface area contributed by atoms with Crippen LogP contribution in [0.2, 0.25) is 0 Å². The molecule has 0 saturated carbocycles. The van der Waals surface area contributed by atoms with Crippen molar-refractivity contribution < 1.29 is 19.1 Å². The van der Waals surface area contributed by atoms with E-state index in [1.54, 1.807) is 6.92 Å². The minimum Gasteiger partial charge on any atom is -0.465 e. The van der Waals surface area contributed by atoms with Crippen LogP contribution in [0, 0.1) is 18.7 Å². The molecule has 1 aliphatic rings. The zero-order valence-corrected chi connectivity index (χ0v) is 9.20. The lowest BCUT2D eigenvalue weighted by Gasteiger charge is -2.13. The molecule has 1 aromatic heterocycles. The van der Waals surface area contributed by atoms with Gasteiger partial charge in [-0.15, -0.1) is 0 Å². The molecule has 0 bridgehead atoms. The van der Waals surface area contributed by atoms with Gasteiger partial charge in [-0.1, -0.05) is 6.92 Å². The van der Waals surface area contributed by atoms with Crippen molar-refractivity contribution in [1.29, 1.82) is 0 Å². The molecule has 0 N–H and O–H groups in total. The van der Waals surface area contributed by atoms with Crippen LogP contribution < -0.4 is 0 Å². The van der Waals surface area contributed by atoms with Crippen LogP contribution in [0.1, 0.15) is 34.5 Å². The van der Waals surface area contributed by atoms with Gasteiger partial charge in [-0.25, -0.2) is 4.98 Å². The maximum atomic E-state index is 11.8. The summed E-state index contributed by atoms with van der Waals surface area (Å²) < 4.78 is 61.1. The maximum Gasteiger partial charge on any atom is 0.309 e. The van der Waals surface area contributed by atoms with Gasteiger partial charge in [-0.05, 0) is 19.7 Å². The van der Waals surface area contributed by atoms with Crippen LogP contribution in [0.25, 0.3) is 0 Å². The summed E-state index contributed by atoms with van der Waals surface area (Å²) in [5, 5.41) is 0. The van der Waals surface area contributed by atoms with E-state index in [4.69, 9.17) is 14.3 Å². The topological polar surface area (TPSA) is 44.1 Å². The molecule has 1 fully saturated rings. The molecule has 0 aliphatic carbocycles. The molecule has 2 rings (SSSR count). The Kier molecular flexibility index (Phi) is 1.43. The lowest BCUT2D eigenvalue weighted by Crippen LogP contribution is -2.18. The molecule has 0 amide bonds. The first-order valence-corrected chi connectivity index (χ1v) is 5.11. The van der Waals surface area contributed by atoms with Gasteiger partial charge in [-0.2, -0.15) is 0 Å². The van der Waals surface area contributed by atoms with Crippen LogP contribution in [0.3, 0.4) is 0 Å². The highest BCUT2D eigenvalue weighted by Gasteiger charge is 2.35. The highest BCUT2D eigenvalue weighted by atomic mass is 16.5. The van der Waals surface area contributed by atoms with Crippen molar-refractivity contribution in [2.24, 2.45) is 18.8 Å². The summed E-state index contributed by atoms with van der Waals surface area (Å²) in [4.78, 5) is 15.6. The molecular weight excluding hydrogens is 204 g/mol. The van der Waals surface area contributed by atoms with Gasteiger partial charge in [0.1, 0.15) is 5.82 Å². The largest absolute Gasteiger partial charge is 0.465 e. The molecular formula is C12H18N2O2. The molecule has 2 heterocycles. The Bertz CT molecular complexity index is 640. The van der Waals surface area contributed by atoms with E-state index in [2.05, 4.69) is 4.98 Å². The molecule has 0 radical (unpaired) electrons. The van der Waals surface area contributed by atoms with E-state index < -0.39 is 43.0 Å². The molecule has 16 heavy (non-hydrogen) atoms. The molecule has 1 saturated heterocycles. The summed E-state index contributed by atoms with van der Waals surface area (Å²) in [6.45, 7) is -0.127. The minimum absolute atomic E-state index is 0.0181. The number of imidazole rings is 1. The van der Waals surface area contributed by atoms with E-state index >= 15 is 0 Å². The Morgan fingerprint density at radius 3 is 3.44 bits per heavy atom. The van der Waals surface area contributed by atoms with Crippen LogP contribution in [0.15, 0.2) is 6.17 Å². The highest BCUT2D eigenvalue weighted by molar-refractivity contribution is 5.74. The molecule has 4 heteroatoms. The number of nitrogens with zero attached hydrogens (tertiary/aromatic N) is 2. The Balaban J connectivity index is 2.64. The first-order valence-electron chi connectivity index (χ1n) is 8.61. The minimum atomic E-state index is -2.72. The van der Waals surface area contributed by atoms with Crippen LogP contribution in [-0.2, 0) is 22.9 Å². The number of hydrogen-bond donors (Lipinski definition) is 0. The van der Waals surface area contributed by atoms with Crippen molar-refractivity contribution in [3.8, 4) is 0 Å².